The highest BCUT2D eigenvalue weighted by atomic mass is 35.5. The van der Waals surface area contributed by atoms with Gasteiger partial charge in [-0.1, -0.05) is 29.8 Å². The lowest BCUT2D eigenvalue weighted by atomic mass is 10.2. The molecule has 0 aliphatic carbocycles. The lowest BCUT2D eigenvalue weighted by Gasteiger charge is -2.09. The van der Waals surface area contributed by atoms with E-state index in [-0.39, 0.29) is 5.69 Å². The molecule has 1 heterocycles. The number of halogens is 1. The summed E-state index contributed by atoms with van der Waals surface area (Å²) in [5.74, 6) is 1.49. The molecule has 2 aromatic carbocycles. The normalized spacial score (nSPS) is 10.7. The minimum atomic E-state index is 0.243. The first-order valence-electron chi connectivity index (χ1n) is 8.83. The van der Waals surface area contributed by atoms with Gasteiger partial charge in [0.1, 0.15) is 18.4 Å². The molecule has 6 nitrogen and oxygen atoms in total. The highest BCUT2D eigenvalue weighted by Gasteiger charge is 2.14. The Morgan fingerprint density at radius 1 is 1.18 bits per heavy atom. The van der Waals surface area contributed by atoms with E-state index in [0.717, 1.165) is 17.7 Å². The molecule has 0 amide bonds. The molecule has 28 heavy (non-hydrogen) atoms. The summed E-state index contributed by atoms with van der Waals surface area (Å²) >= 11 is 6.14. The molecule has 1 N–H and O–H groups in total. The van der Waals surface area contributed by atoms with Crippen LogP contribution in [0, 0.1) is 11.3 Å². The Labute approximate surface area is 169 Å². The van der Waals surface area contributed by atoms with E-state index in [2.05, 4.69) is 16.4 Å². The topological polar surface area (TPSA) is 74.3 Å². The van der Waals surface area contributed by atoms with Gasteiger partial charge in [-0.05, 0) is 44.4 Å². The Morgan fingerprint density at radius 2 is 1.93 bits per heavy atom. The third-order valence-corrected chi connectivity index (χ3v) is 4.40. The Hall–Kier alpha value is -3.01. The van der Waals surface area contributed by atoms with Crippen LogP contribution in [0.15, 0.2) is 52.9 Å². The highest BCUT2D eigenvalue weighted by molar-refractivity contribution is 6.31. The number of nitriles is 1. The second-order valence-electron chi connectivity index (χ2n) is 6.44. The lowest BCUT2D eigenvalue weighted by Crippen LogP contribution is -2.20. The Balaban J connectivity index is 1.67. The van der Waals surface area contributed by atoms with Crippen molar-refractivity contribution in [2.45, 2.75) is 6.61 Å². The quantitative estimate of drug-likeness (QED) is 0.607. The molecule has 0 aliphatic rings. The van der Waals surface area contributed by atoms with Gasteiger partial charge in [-0.2, -0.15) is 10.2 Å². The largest absolute Gasteiger partial charge is 0.489 e. The number of hydrogen-bond acceptors (Lipinski definition) is 6. The summed E-state index contributed by atoms with van der Waals surface area (Å²) < 4.78 is 11.5. The molecule has 0 aliphatic heterocycles. The summed E-state index contributed by atoms with van der Waals surface area (Å²) in [5.41, 5.74) is 1.93. The Bertz CT molecular complexity index is 961. The van der Waals surface area contributed by atoms with Crippen LogP contribution in [0.2, 0.25) is 5.02 Å². The van der Waals surface area contributed by atoms with Crippen LogP contribution >= 0.6 is 11.6 Å². The number of anilines is 1. The maximum absolute atomic E-state index is 9.28. The van der Waals surface area contributed by atoms with Crippen LogP contribution in [0.4, 0.5) is 5.88 Å². The monoisotopic (exact) mass is 396 g/mol. The number of oxazole rings is 1. The van der Waals surface area contributed by atoms with Gasteiger partial charge in [0.15, 0.2) is 0 Å². The molecular weight excluding hydrogens is 376 g/mol. The molecule has 0 unspecified atom stereocenters. The first-order chi connectivity index (χ1) is 13.6. The van der Waals surface area contributed by atoms with Crippen LogP contribution in [-0.2, 0) is 6.61 Å². The summed E-state index contributed by atoms with van der Waals surface area (Å²) in [5, 5.41) is 13.1. The number of hydrogen-bond donors (Lipinski definition) is 1. The maximum atomic E-state index is 9.28. The molecule has 1 aromatic heterocycles. The minimum absolute atomic E-state index is 0.243. The zero-order valence-corrected chi connectivity index (χ0v) is 16.5. The molecule has 3 aromatic rings. The summed E-state index contributed by atoms with van der Waals surface area (Å²) in [6, 6.07) is 17.0. The fraction of sp³-hybridized carbons (Fsp3) is 0.238. The fourth-order valence-corrected chi connectivity index (χ4v) is 2.69. The second kappa shape index (κ2) is 9.27. The highest BCUT2D eigenvalue weighted by Crippen LogP contribution is 2.27. The zero-order valence-electron chi connectivity index (χ0n) is 15.8. The van der Waals surface area contributed by atoms with Gasteiger partial charge in [0, 0.05) is 29.2 Å². The first-order valence-corrected chi connectivity index (χ1v) is 9.21. The van der Waals surface area contributed by atoms with Crippen molar-refractivity contribution in [1.82, 2.24) is 9.88 Å². The minimum Gasteiger partial charge on any atom is -0.489 e. The number of nitrogens with one attached hydrogen (secondary N) is 1. The van der Waals surface area contributed by atoms with Crippen LogP contribution in [0.5, 0.6) is 5.75 Å². The van der Waals surface area contributed by atoms with E-state index in [9.17, 15) is 5.26 Å². The van der Waals surface area contributed by atoms with Gasteiger partial charge in [0.05, 0.1) is 0 Å². The van der Waals surface area contributed by atoms with Crippen molar-refractivity contribution in [1.29, 1.82) is 5.26 Å². The first kappa shape index (κ1) is 19.7. The SMILES string of the molecule is CN(C)CCNc1oc(-c2ccc(OCc3ccccc3Cl)cc2)nc1C#N. The van der Waals surface area contributed by atoms with Crippen LogP contribution in [0.3, 0.4) is 0 Å². The zero-order chi connectivity index (χ0) is 19.9. The summed E-state index contributed by atoms with van der Waals surface area (Å²) in [6.45, 7) is 1.86. The Kier molecular flexibility index (Phi) is 6.53. The van der Waals surface area contributed by atoms with Crippen molar-refractivity contribution >= 4 is 17.5 Å². The molecule has 0 bridgehead atoms. The summed E-state index contributed by atoms with van der Waals surface area (Å²) in [4.78, 5) is 6.31. The maximum Gasteiger partial charge on any atom is 0.232 e. The van der Waals surface area contributed by atoms with Crippen molar-refractivity contribution in [3.05, 3.63) is 64.8 Å². The van der Waals surface area contributed by atoms with E-state index in [1.165, 1.54) is 0 Å². The van der Waals surface area contributed by atoms with Crippen LogP contribution in [0.1, 0.15) is 11.3 Å². The van der Waals surface area contributed by atoms with Crippen LogP contribution in [-0.4, -0.2) is 37.1 Å². The van der Waals surface area contributed by atoms with Gasteiger partial charge in [-0.15, -0.1) is 0 Å². The molecule has 0 radical (unpaired) electrons. The third-order valence-electron chi connectivity index (χ3n) is 4.03. The van der Waals surface area contributed by atoms with E-state index in [1.807, 2.05) is 67.5 Å². The molecule has 7 heteroatoms. The molecular formula is C21H21ClN4O2. The van der Waals surface area contributed by atoms with Gasteiger partial charge in [-0.25, -0.2) is 0 Å². The average molecular weight is 397 g/mol. The van der Waals surface area contributed by atoms with E-state index in [4.69, 9.17) is 20.8 Å². The predicted octanol–water partition coefficient (Wildman–Crippen LogP) is 4.42. The summed E-state index contributed by atoms with van der Waals surface area (Å²) in [6.07, 6.45) is 0. The average Bonchev–Trinajstić information content (AvgIpc) is 3.11. The van der Waals surface area contributed by atoms with Gasteiger partial charge >= 0.3 is 0 Å². The van der Waals surface area contributed by atoms with Crippen molar-refractivity contribution in [2.24, 2.45) is 0 Å². The lowest BCUT2D eigenvalue weighted by molar-refractivity contribution is 0.306. The van der Waals surface area contributed by atoms with Gasteiger partial charge in [-0.3, -0.25) is 0 Å². The molecule has 144 valence electrons. The molecule has 0 spiro atoms. The van der Waals surface area contributed by atoms with Gasteiger partial charge < -0.3 is 19.4 Å². The van der Waals surface area contributed by atoms with E-state index in [0.29, 0.717) is 35.7 Å². The molecule has 0 atom stereocenters. The number of likely N-dealkylation sites (N-methyl/N-ethyl adjacent to an activating group) is 1. The Morgan fingerprint density at radius 3 is 2.61 bits per heavy atom. The fourth-order valence-electron chi connectivity index (χ4n) is 2.50. The third kappa shape index (κ3) is 5.03. The van der Waals surface area contributed by atoms with E-state index >= 15 is 0 Å². The number of benzene rings is 2. The number of nitrogens with zero attached hydrogens (tertiary/aromatic N) is 3. The smallest absolute Gasteiger partial charge is 0.232 e. The van der Waals surface area contributed by atoms with E-state index < -0.39 is 0 Å². The van der Waals surface area contributed by atoms with E-state index in [1.54, 1.807) is 0 Å². The van der Waals surface area contributed by atoms with Crippen LogP contribution in [0.25, 0.3) is 11.5 Å². The van der Waals surface area contributed by atoms with Crippen molar-refractivity contribution in [3.8, 4) is 23.3 Å². The number of aromatic nitrogens is 1. The molecule has 3 rings (SSSR count). The van der Waals surface area contributed by atoms with Crippen molar-refractivity contribution < 1.29 is 9.15 Å². The molecule has 0 saturated carbocycles. The molecule has 0 fully saturated rings. The second-order valence-corrected chi connectivity index (χ2v) is 6.85. The van der Waals surface area contributed by atoms with Crippen molar-refractivity contribution in [2.75, 3.05) is 32.5 Å². The molecule has 0 saturated heterocycles. The number of ether oxygens (including phenoxy) is 1. The van der Waals surface area contributed by atoms with Crippen LogP contribution < -0.4 is 10.1 Å². The summed E-state index contributed by atoms with van der Waals surface area (Å²) in [7, 11) is 3.96. The van der Waals surface area contributed by atoms with Gasteiger partial charge in [0.2, 0.25) is 17.5 Å². The predicted molar refractivity (Wildman–Crippen MR) is 109 cm³/mol. The van der Waals surface area contributed by atoms with Crippen molar-refractivity contribution in [3.63, 3.8) is 0 Å². The standard InChI is InChI=1S/C21H21ClN4O2/c1-26(2)12-11-24-21-19(13-23)25-20(28-21)15-7-9-17(10-8-15)27-14-16-5-3-4-6-18(16)22/h3-10,24H,11-12,14H2,1-2H3. The van der Waals surface area contributed by atoms with Gasteiger partial charge in [0.25, 0.3) is 0 Å². The number of rotatable bonds is 8.